The zero-order valence-corrected chi connectivity index (χ0v) is 22.9. The standard InChI is InChI=1S/C34H28N2O3S/c1-2-37-30-16-14-28(15-17-30)31-24-40-34(36-31)29(21-35)19-27-13-18-32(38-22-25-9-5-3-6-10-25)33(20-27)39-23-26-11-7-4-8-12-26/h3-20,24H,2,22-23H2,1H3. The molecule has 1 heterocycles. The number of allylic oxidation sites excluding steroid dienone is 1. The minimum absolute atomic E-state index is 0.402. The van der Waals surface area contributed by atoms with Crippen molar-refractivity contribution in [2.24, 2.45) is 0 Å². The van der Waals surface area contributed by atoms with Crippen LogP contribution in [0.3, 0.4) is 0 Å². The summed E-state index contributed by atoms with van der Waals surface area (Å²) in [4.78, 5) is 4.73. The van der Waals surface area contributed by atoms with Crippen LogP contribution in [0.4, 0.5) is 0 Å². The van der Waals surface area contributed by atoms with Gasteiger partial charge in [0.2, 0.25) is 0 Å². The molecular formula is C34H28N2O3S. The molecule has 40 heavy (non-hydrogen) atoms. The Morgan fingerprint density at radius 2 is 1.45 bits per heavy atom. The zero-order chi connectivity index (χ0) is 27.6. The van der Waals surface area contributed by atoms with E-state index >= 15 is 0 Å². The SMILES string of the molecule is CCOc1ccc(-c2csc(C(C#N)=Cc3ccc(OCc4ccccc4)c(OCc4ccccc4)c3)n2)cc1. The molecular weight excluding hydrogens is 516 g/mol. The van der Waals surface area contributed by atoms with Crippen LogP contribution in [0.2, 0.25) is 0 Å². The molecule has 0 aliphatic heterocycles. The van der Waals surface area contributed by atoms with Crippen LogP contribution in [0.5, 0.6) is 17.2 Å². The Bertz CT molecular complexity index is 1610. The molecule has 0 saturated heterocycles. The van der Waals surface area contributed by atoms with Gasteiger partial charge in [0.15, 0.2) is 11.5 Å². The predicted molar refractivity (Wildman–Crippen MR) is 160 cm³/mol. The first-order valence-corrected chi connectivity index (χ1v) is 13.9. The van der Waals surface area contributed by atoms with Crippen molar-refractivity contribution in [2.45, 2.75) is 20.1 Å². The third kappa shape index (κ3) is 6.96. The Morgan fingerprint density at radius 3 is 2.08 bits per heavy atom. The van der Waals surface area contributed by atoms with E-state index in [-0.39, 0.29) is 0 Å². The third-order valence-electron chi connectivity index (χ3n) is 6.07. The number of hydrogen-bond acceptors (Lipinski definition) is 6. The third-order valence-corrected chi connectivity index (χ3v) is 6.94. The Hall–Kier alpha value is -4.86. The molecule has 0 fully saturated rings. The Kier molecular flexibility index (Phi) is 8.87. The molecule has 5 aromatic rings. The van der Waals surface area contributed by atoms with E-state index in [1.54, 1.807) is 0 Å². The molecule has 5 rings (SSSR count). The zero-order valence-electron chi connectivity index (χ0n) is 22.1. The summed E-state index contributed by atoms with van der Waals surface area (Å²) >= 11 is 1.44. The van der Waals surface area contributed by atoms with Gasteiger partial charge in [0.25, 0.3) is 0 Å². The topological polar surface area (TPSA) is 64.4 Å². The van der Waals surface area contributed by atoms with Gasteiger partial charge in [0.1, 0.15) is 30.0 Å². The molecule has 0 bridgehead atoms. The van der Waals surface area contributed by atoms with Crippen molar-refractivity contribution in [2.75, 3.05) is 6.61 Å². The lowest BCUT2D eigenvalue weighted by Gasteiger charge is -2.14. The molecule has 0 atom stereocenters. The van der Waals surface area contributed by atoms with E-state index < -0.39 is 0 Å². The first-order valence-electron chi connectivity index (χ1n) is 13.0. The van der Waals surface area contributed by atoms with Gasteiger partial charge < -0.3 is 14.2 Å². The number of aromatic nitrogens is 1. The second-order valence-electron chi connectivity index (χ2n) is 8.92. The first-order chi connectivity index (χ1) is 19.7. The smallest absolute Gasteiger partial charge is 0.162 e. The number of rotatable bonds is 11. The van der Waals surface area contributed by atoms with E-state index in [9.17, 15) is 5.26 Å². The normalized spacial score (nSPS) is 11.1. The van der Waals surface area contributed by atoms with Crippen LogP contribution in [0.15, 0.2) is 109 Å². The maximum atomic E-state index is 9.98. The molecule has 198 valence electrons. The van der Waals surface area contributed by atoms with Gasteiger partial charge in [0.05, 0.1) is 17.9 Å². The maximum absolute atomic E-state index is 9.98. The molecule has 0 aliphatic carbocycles. The van der Waals surface area contributed by atoms with Crippen molar-refractivity contribution < 1.29 is 14.2 Å². The number of nitriles is 1. The second kappa shape index (κ2) is 13.3. The molecule has 0 N–H and O–H groups in total. The van der Waals surface area contributed by atoms with Gasteiger partial charge in [-0.05, 0) is 66.1 Å². The highest BCUT2D eigenvalue weighted by molar-refractivity contribution is 7.11. The van der Waals surface area contributed by atoms with Gasteiger partial charge in [-0.2, -0.15) is 5.26 Å². The van der Waals surface area contributed by atoms with Crippen molar-refractivity contribution in [1.29, 1.82) is 5.26 Å². The lowest BCUT2D eigenvalue weighted by Crippen LogP contribution is -2.01. The van der Waals surface area contributed by atoms with E-state index in [2.05, 4.69) is 6.07 Å². The average molecular weight is 545 g/mol. The highest BCUT2D eigenvalue weighted by atomic mass is 32.1. The van der Waals surface area contributed by atoms with E-state index in [1.165, 1.54) is 11.3 Å². The van der Waals surface area contributed by atoms with E-state index in [1.807, 2.05) is 122 Å². The van der Waals surface area contributed by atoms with E-state index in [0.29, 0.717) is 41.9 Å². The number of thiazole rings is 1. The molecule has 0 amide bonds. The van der Waals surface area contributed by atoms with Crippen molar-refractivity contribution in [3.63, 3.8) is 0 Å². The molecule has 0 saturated carbocycles. The molecule has 0 spiro atoms. The fourth-order valence-corrected chi connectivity index (χ4v) is 4.84. The Balaban J connectivity index is 1.38. The summed E-state index contributed by atoms with van der Waals surface area (Å²) in [5.74, 6) is 2.07. The van der Waals surface area contributed by atoms with Crippen LogP contribution in [0.25, 0.3) is 22.9 Å². The number of hydrogen-bond donors (Lipinski definition) is 0. The minimum atomic E-state index is 0.402. The van der Waals surface area contributed by atoms with Crippen molar-refractivity contribution in [3.05, 3.63) is 130 Å². The Morgan fingerprint density at radius 1 is 0.800 bits per heavy atom. The quantitative estimate of drug-likeness (QED) is 0.156. The summed E-state index contributed by atoms with van der Waals surface area (Å²) in [6.07, 6.45) is 1.83. The lowest BCUT2D eigenvalue weighted by molar-refractivity contribution is 0.256. The largest absolute Gasteiger partial charge is 0.494 e. The van der Waals surface area contributed by atoms with Gasteiger partial charge >= 0.3 is 0 Å². The van der Waals surface area contributed by atoms with Gasteiger partial charge in [-0.15, -0.1) is 11.3 Å². The van der Waals surface area contributed by atoms with Gasteiger partial charge in [-0.1, -0.05) is 66.7 Å². The number of nitrogens with zero attached hydrogens (tertiary/aromatic N) is 2. The summed E-state index contributed by atoms with van der Waals surface area (Å²) in [5.41, 5.74) is 5.22. The average Bonchev–Trinajstić information content (AvgIpc) is 3.50. The van der Waals surface area contributed by atoms with Crippen LogP contribution < -0.4 is 14.2 Å². The predicted octanol–water partition coefficient (Wildman–Crippen LogP) is 8.43. The van der Waals surface area contributed by atoms with E-state index in [0.717, 1.165) is 33.7 Å². The van der Waals surface area contributed by atoms with Crippen LogP contribution in [0, 0.1) is 11.3 Å². The molecule has 1 aromatic heterocycles. The number of benzene rings is 4. The lowest BCUT2D eigenvalue weighted by atomic mass is 10.1. The molecule has 0 aliphatic rings. The summed E-state index contributed by atoms with van der Waals surface area (Å²) in [7, 11) is 0. The van der Waals surface area contributed by atoms with Gasteiger partial charge in [0, 0.05) is 10.9 Å². The highest BCUT2D eigenvalue weighted by Gasteiger charge is 2.12. The summed E-state index contributed by atoms with van der Waals surface area (Å²) in [5, 5.41) is 12.6. The molecule has 4 aromatic carbocycles. The van der Waals surface area contributed by atoms with Crippen LogP contribution in [-0.2, 0) is 13.2 Å². The molecule has 0 radical (unpaired) electrons. The monoisotopic (exact) mass is 544 g/mol. The summed E-state index contributed by atoms with van der Waals surface area (Å²) in [6.45, 7) is 3.41. The maximum Gasteiger partial charge on any atom is 0.162 e. The second-order valence-corrected chi connectivity index (χ2v) is 9.78. The van der Waals surface area contributed by atoms with Gasteiger partial charge in [-0.3, -0.25) is 0 Å². The van der Waals surface area contributed by atoms with Gasteiger partial charge in [-0.25, -0.2) is 4.98 Å². The van der Waals surface area contributed by atoms with Crippen molar-refractivity contribution in [1.82, 2.24) is 4.98 Å². The van der Waals surface area contributed by atoms with E-state index in [4.69, 9.17) is 19.2 Å². The van der Waals surface area contributed by atoms with Crippen LogP contribution >= 0.6 is 11.3 Å². The molecule has 5 nitrogen and oxygen atoms in total. The fraction of sp³-hybridized carbons (Fsp3) is 0.118. The Labute approximate surface area is 238 Å². The summed E-state index contributed by atoms with van der Waals surface area (Å²) < 4.78 is 17.9. The number of ether oxygens (including phenoxy) is 3. The fourth-order valence-electron chi connectivity index (χ4n) is 4.04. The molecule has 6 heteroatoms. The van der Waals surface area contributed by atoms with Crippen LogP contribution in [0.1, 0.15) is 28.6 Å². The summed E-state index contributed by atoms with van der Waals surface area (Å²) in [6, 6.07) is 35.8. The first kappa shape index (κ1) is 26.7. The highest BCUT2D eigenvalue weighted by Crippen LogP contribution is 2.33. The van der Waals surface area contributed by atoms with Crippen molar-refractivity contribution in [3.8, 4) is 34.6 Å². The van der Waals surface area contributed by atoms with Crippen LogP contribution in [-0.4, -0.2) is 11.6 Å². The minimum Gasteiger partial charge on any atom is -0.494 e. The van der Waals surface area contributed by atoms with Crippen molar-refractivity contribution >= 4 is 23.0 Å². The molecule has 0 unspecified atom stereocenters.